The topological polar surface area (TPSA) is 12.0 Å². The Morgan fingerprint density at radius 1 is 1.12 bits per heavy atom. The minimum absolute atomic E-state index is 0.546. The van der Waals surface area contributed by atoms with Gasteiger partial charge in [-0.25, -0.2) is 0 Å². The van der Waals surface area contributed by atoms with Crippen LogP contribution in [0.15, 0.2) is 12.1 Å². The van der Waals surface area contributed by atoms with Gasteiger partial charge in [0.05, 0.1) is 0 Å². The van der Waals surface area contributed by atoms with E-state index in [1.54, 1.807) is 0 Å². The second kappa shape index (κ2) is 4.38. The molecule has 1 aromatic rings. The third kappa shape index (κ3) is 1.87. The Morgan fingerprint density at radius 3 is 2.81 bits per heavy atom. The van der Waals surface area contributed by atoms with E-state index in [4.69, 9.17) is 11.6 Å². The fourth-order valence-corrected chi connectivity index (χ4v) is 3.35. The highest BCUT2D eigenvalue weighted by molar-refractivity contribution is 6.31. The molecular formula is C14H18ClN. The zero-order valence-electron chi connectivity index (χ0n) is 9.56. The van der Waals surface area contributed by atoms with E-state index in [9.17, 15) is 0 Å². The maximum atomic E-state index is 6.40. The van der Waals surface area contributed by atoms with Crippen LogP contribution >= 0.6 is 11.6 Å². The lowest BCUT2D eigenvalue weighted by Gasteiger charge is -2.20. The van der Waals surface area contributed by atoms with Gasteiger partial charge in [-0.05, 0) is 67.8 Å². The van der Waals surface area contributed by atoms with Gasteiger partial charge in [-0.3, -0.25) is 0 Å². The molecule has 1 nitrogen and oxygen atoms in total. The lowest BCUT2D eigenvalue weighted by atomic mass is 9.89. The average Bonchev–Trinajstić information content (AvgIpc) is 2.82. The molecule has 0 spiro atoms. The molecule has 16 heavy (non-hydrogen) atoms. The minimum Gasteiger partial charge on any atom is -0.310 e. The van der Waals surface area contributed by atoms with Crippen molar-refractivity contribution in [3.8, 4) is 0 Å². The number of hydrogen-bond acceptors (Lipinski definition) is 1. The fraction of sp³-hybridized carbons (Fsp3) is 0.571. The van der Waals surface area contributed by atoms with Crippen LogP contribution in [0.5, 0.6) is 0 Å². The molecular weight excluding hydrogens is 218 g/mol. The molecule has 0 saturated carbocycles. The van der Waals surface area contributed by atoms with E-state index in [2.05, 4.69) is 17.4 Å². The number of halogens is 1. The first-order valence-electron chi connectivity index (χ1n) is 6.39. The van der Waals surface area contributed by atoms with Crippen LogP contribution in [0, 0.1) is 0 Å². The van der Waals surface area contributed by atoms with Crippen molar-refractivity contribution < 1.29 is 0 Å². The number of aryl methyl sites for hydroxylation is 1. The van der Waals surface area contributed by atoms with E-state index in [0.29, 0.717) is 6.04 Å². The molecule has 0 aromatic heterocycles. The van der Waals surface area contributed by atoms with Crippen LogP contribution in [0.2, 0.25) is 5.02 Å². The fourth-order valence-electron chi connectivity index (χ4n) is 3.01. The van der Waals surface area contributed by atoms with E-state index in [1.807, 2.05) is 0 Å². The van der Waals surface area contributed by atoms with Crippen LogP contribution in [0.1, 0.15) is 48.4 Å². The molecule has 2 heteroatoms. The van der Waals surface area contributed by atoms with E-state index in [0.717, 1.165) is 11.6 Å². The van der Waals surface area contributed by atoms with Gasteiger partial charge in [-0.2, -0.15) is 0 Å². The molecule has 1 aliphatic heterocycles. The van der Waals surface area contributed by atoms with Gasteiger partial charge in [0.2, 0.25) is 0 Å². The summed E-state index contributed by atoms with van der Waals surface area (Å²) in [5.74, 6) is 0. The standard InChI is InChI=1S/C14H18ClN/c15-13-9-11(14-6-3-7-16-14)8-10-4-1-2-5-12(10)13/h8-9,14,16H,1-7H2/t14-/m1/s1. The zero-order chi connectivity index (χ0) is 11.0. The summed E-state index contributed by atoms with van der Waals surface area (Å²) < 4.78 is 0. The summed E-state index contributed by atoms with van der Waals surface area (Å²) in [6.45, 7) is 1.15. The van der Waals surface area contributed by atoms with Crippen molar-refractivity contribution in [1.29, 1.82) is 0 Å². The van der Waals surface area contributed by atoms with Crippen LogP contribution in [0.3, 0.4) is 0 Å². The number of rotatable bonds is 1. The largest absolute Gasteiger partial charge is 0.310 e. The number of fused-ring (bicyclic) bond motifs is 1. The lowest BCUT2D eigenvalue weighted by Crippen LogP contribution is -2.14. The molecule has 0 unspecified atom stereocenters. The van der Waals surface area contributed by atoms with Gasteiger partial charge < -0.3 is 5.32 Å². The van der Waals surface area contributed by atoms with Crippen molar-refractivity contribution in [3.05, 3.63) is 33.8 Å². The van der Waals surface area contributed by atoms with Crippen LogP contribution < -0.4 is 5.32 Å². The van der Waals surface area contributed by atoms with Gasteiger partial charge in [0, 0.05) is 11.1 Å². The minimum atomic E-state index is 0.546. The average molecular weight is 236 g/mol. The van der Waals surface area contributed by atoms with Gasteiger partial charge in [-0.15, -0.1) is 0 Å². The second-order valence-electron chi connectivity index (χ2n) is 5.00. The summed E-state index contributed by atoms with van der Waals surface area (Å²) in [4.78, 5) is 0. The molecule has 1 aliphatic carbocycles. The highest BCUT2D eigenvalue weighted by Gasteiger charge is 2.20. The van der Waals surface area contributed by atoms with Crippen molar-refractivity contribution >= 4 is 11.6 Å². The maximum Gasteiger partial charge on any atom is 0.0444 e. The van der Waals surface area contributed by atoms with Gasteiger partial charge in [0.15, 0.2) is 0 Å². The normalized spacial score (nSPS) is 24.4. The number of hydrogen-bond donors (Lipinski definition) is 1. The summed E-state index contributed by atoms with van der Waals surface area (Å²) in [6, 6.07) is 5.13. The predicted octanol–water partition coefficient (Wildman–Crippen LogP) is 3.64. The molecule has 1 atom stereocenters. The number of benzene rings is 1. The predicted molar refractivity (Wildman–Crippen MR) is 68.1 cm³/mol. The Kier molecular flexibility index (Phi) is 2.91. The second-order valence-corrected chi connectivity index (χ2v) is 5.40. The van der Waals surface area contributed by atoms with E-state index in [1.165, 1.54) is 55.2 Å². The Hall–Kier alpha value is -0.530. The maximum absolute atomic E-state index is 6.40. The summed E-state index contributed by atoms with van der Waals surface area (Å²) >= 11 is 6.40. The summed E-state index contributed by atoms with van der Waals surface area (Å²) in [6.07, 6.45) is 7.56. The van der Waals surface area contributed by atoms with Crippen LogP contribution in [0.4, 0.5) is 0 Å². The molecule has 1 heterocycles. The van der Waals surface area contributed by atoms with Crippen LogP contribution in [0.25, 0.3) is 0 Å². The molecule has 86 valence electrons. The zero-order valence-corrected chi connectivity index (χ0v) is 10.3. The quantitative estimate of drug-likeness (QED) is 0.784. The summed E-state index contributed by atoms with van der Waals surface area (Å²) in [5, 5.41) is 4.55. The van der Waals surface area contributed by atoms with E-state index >= 15 is 0 Å². The Balaban J connectivity index is 1.97. The van der Waals surface area contributed by atoms with Crippen molar-refractivity contribution in [1.82, 2.24) is 5.32 Å². The molecule has 0 bridgehead atoms. The van der Waals surface area contributed by atoms with Crippen molar-refractivity contribution in [2.75, 3.05) is 6.54 Å². The molecule has 0 amide bonds. The highest BCUT2D eigenvalue weighted by Crippen LogP contribution is 2.33. The molecule has 0 radical (unpaired) electrons. The molecule has 1 aromatic carbocycles. The Bertz CT molecular complexity index is 394. The smallest absolute Gasteiger partial charge is 0.0444 e. The highest BCUT2D eigenvalue weighted by atomic mass is 35.5. The summed E-state index contributed by atoms with van der Waals surface area (Å²) in [7, 11) is 0. The van der Waals surface area contributed by atoms with Crippen LogP contribution in [-0.4, -0.2) is 6.54 Å². The molecule has 1 fully saturated rings. The third-order valence-corrected chi connectivity index (χ3v) is 4.23. The monoisotopic (exact) mass is 235 g/mol. The van der Waals surface area contributed by atoms with Crippen molar-refractivity contribution in [2.45, 2.75) is 44.6 Å². The SMILES string of the molecule is Clc1cc([C@H]2CCCN2)cc2c1CCCC2. The first-order chi connectivity index (χ1) is 7.84. The van der Waals surface area contributed by atoms with Crippen LogP contribution in [-0.2, 0) is 12.8 Å². The molecule has 1 N–H and O–H groups in total. The Morgan fingerprint density at radius 2 is 2.00 bits per heavy atom. The first kappa shape index (κ1) is 10.6. The first-order valence-corrected chi connectivity index (χ1v) is 6.77. The lowest BCUT2D eigenvalue weighted by molar-refractivity contribution is 0.639. The third-order valence-electron chi connectivity index (χ3n) is 3.90. The Labute approximate surface area is 102 Å². The van der Waals surface area contributed by atoms with Gasteiger partial charge in [0.25, 0.3) is 0 Å². The molecule has 2 aliphatic rings. The van der Waals surface area contributed by atoms with E-state index < -0.39 is 0 Å². The van der Waals surface area contributed by atoms with E-state index in [-0.39, 0.29) is 0 Å². The van der Waals surface area contributed by atoms with Gasteiger partial charge >= 0.3 is 0 Å². The van der Waals surface area contributed by atoms with Crippen molar-refractivity contribution in [3.63, 3.8) is 0 Å². The number of nitrogens with one attached hydrogen (secondary N) is 1. The van der Waals surface area contributed by atoms with Crippen molar-refractivity contribution in [2.24, 2.45) is 0 Å². The van der Waals surface area contributed by atoms with Gasteiger partial charge in [-0.1, -0.05) is 17.7 Å². The summed E-state index contributed by atoms with van der Waals surface area (Å²) in [5.41, 5.74) is 4.32. The molecule has 3 rings (SSSR count). The van der Waals surface area contributed by atoms with Gasteiger partial charge in [0.1, 0.15) is 0 Å². The molecule has 1 saturated heterocycles.